The number of fused-ring (bicyclic) bond motifs is 2. The van der Waals surface area contributed by atoms with Crippen LogP contribution in [0, 0.1) is 13.8 Å². The Morgan fingerprint density at radius 2 is 1.96 bits per heavy atom. The number of aryl methyl sites for hydroxylation is 1. The number of hydrogen-bond acceptors (Lipinski definition) is 3. The minimum absolute atomic E-state index is 0.126. The van der Waals surface area contributed by atoms with Crippen LogP contribution in [0.4, 0.5) is 0 Å². The standard InChI is InChI=1S/C20H26N4O/c1-13-10-18(14(2)24(13)19-6-4-5-9-21-19)20(25)23(3)17-11-15-7-8-16(12-17)22-15/h4-6,9-10,15-17,22H,7-8,11-12H2,1-3H3. The zero-order valence-corrected chi connectivity index (χ0v) is 15.2. The topological polar surface area (TPSA) is 50.2 Å². The molecule has 0 aromatic carbocycles. The first-order valence-corrected chi connectivity index (χ1v) is 9.18. The second kappa shape index (κ2) is 6.30. The molecule has 2 fully saturated rings. The molecular formula is C20H26N4O. The van der Waals surface area contributed by atoms with Crippen LogP contribution in [0.5, 0.6) is 0 Å². The van der Waals surface area contributed by atoms with Crippen LogP contribution in [0.3, 0.4) is 0 Å². The summed E-state index contributed by atoms with van der Waals surface area (Å²) >= 11 is 0. The quantitative estimate of drug-likeness (QED) is 0.936. The van der Waals surface area contributed by atoms with Crippen LogP contribution in [-0.4, -0.2) is 45.5 Å². The maximum Gasteiger partial charge on any atom is 0.255 e. The van der Waals surface area contributed by atoms with Crippen molar-refractivity contribution in [2.24, 2.45) is 0 Å². The summed E-state index contributed by atoms with van der Waals surface area (Å²) < 4.78 is 2.06. The number of rotatable bonds is 3. The summed E-state index contributed by atoms with van der Waals surface area (Å²) in [4.78, 5) is 19.6. The van der Waals surface area contributed by atoms with Crippen molar-refractivity contribution < 1.29 is 4.79 Å². The van der Waals surface area contributed by atoms with Crippen LogP contribution in [0.25, 0.3) is 5.82 Å². The molecular weight excluding hydrogens is 312 g/mol. The smallest absolute Gasteiger partial charge is 0.255 e. The third-order valence-corrected chi connectivity index (χ3v) is 5.86. The number of nitrogens with zero attached hydrogens (tertiary/aromatic N) is 3. The van der Waals surface area contributed by atoms with Gasteiger partial charge in [0.15, 0.2) is 0 Å². The number of carbonyl (C=O) groups is 1. The average molecular weight is 338 g/mol. The molecule has 1 N–H and O–H groups in total. The van der Waals surface area contributed by atoms with Gasteiger partial charge < -0.3 is 14.8 Å². The third-order valence-electron chi connectivity index (χ3n) is 5.86. The van der Waals surface area contributed by atoms with E-state index in [1.807, 2.05) is 50.1 Å². The molecule has 0 spiro atoms. The van der Waals surface area contributed by atoms with Crippen LogP contribution in [-0.2, 0) is 0 Å². The minimum Gasteiger partial charge on any atom is -0.339 e. The maximum atomic E-state index is 13.2. The molecule has 2 atom stereocenters. The predicted molar refractivity (Wildman–Crippen MR) is 98.1 cm³/mol. The molecule has 132 valence electrons. The van der Waals surface area contributed by atoms with Crippen molar-refractivity contribution in [3.63, 3.8) is 0 Å². The lowest BCUT2D eigenvalue weighted by atomic mass is 9.98. The van der Waals surface area contributed by atoms with E-state index in [4.69, 9.17) is 0 Å². The molecule has 2 aliphatic heterocycles. The first-order valence-electron chi connectivity index (χ1n) is 9.18. The largest absolute Gasteiger partial charge is 0.339 e. The third kappa shape index (κ3) is 2.86. The molecule has 4 rings (SSSR count). The fourth-order valence-electron chi connectivity index (χ4n) is 4.52. The molecule has 5 nitrogen and oxygen atoms in total. The van der Waals surface area contributed by atoms with Crippen molar-refractivity contribution in [2.75, 3.05) is 7.05 Å². The van der Waals surface area contributed by atoms with Crippen molar-refractivity contribution in [3.05, 3.63) is 47.4 Å². The summed E-state index contributed by atoms with van der Waals surface area (Å²) in [5, 5.41) is 3.65. The van der Waals surface area contributed by atoms with E-state index in [0.717, 1.165) is 35.6 Å². The Kier molecular flexibility index (Phi) is 4.12. The van der Waals surface area contributed by atoms with E-state index in [2.05, 4.69) is 14.9 Å². The van der Waals surface area contributed by atoms with Crippen LogP contribution < -0.4 is 5.32 Å². The number of nitrogens with one attached hydrogen (secondary N) is 1. The highest BCUT2D eigenvalue weighted by atomic mass is 16.2. The second-order valence-electron chi connectivity index (χ2n) is 7.49. The Morgan fingerprint density at radius 1 is 1.24 bits per heavy atom. The summed E-state index contributed by atoms with van der Waals surface area (Å²) in [7, 11) is 1.96. The normalized spacial score (nSPS) is 25.2. The highest BCUT2D eigenvalue weighted by molar-refractivity contribution is 5.96. The van der Waals surface area contributed by atoms with Gasteiger partial charge in [0.05, 0.1) is 5.56 Å². The zero-order chi connectivity index (χ0) is 17.6. The first kappa shape index (κ1) is 16.3. The summed E-state index contributed by atoms with van der Waals surface area (Å²) in [6.45, 7) is 4.04. The average Bonchev–Trinajstić information content (AvgIpc) is 3.12. The monoisotopic (exact) mass is 338 g/mol. The van der Waals surface area contributed by atoms with Gasteiger partial charge >= 0.3 is 0 Å². The van der Waals surface area contributed by atoms with E-state index >= 15 is 0 Å². The lowest BCUT2D eigenvalue weighted by molar-refractivity contribution is 0.0681. The number of pyridine rings is 1. The van der Waals surface area contributed by atoms with Gasteiger partial charge in [0.1, 0.15) is 5.82 Å². The van der Waals surface area contributed by atoms with Gasteiger partial charge in [-0.05, 0) is 57.7 Å². The molecule has 0 radical (unpaired) electrons. The fraction of sp³-hybridized carbons (Fsp3) is 0.500. The highest BCUT2D eigenvalue weighted by Crippen LogP contribution is 2.30. The van der Waals surface area contributed by atoms with Crippen LogP contribution >= 0.6 is 0 Å². The zero-order valence-electron chi connectivity index (χ0n) is 15.2. The van der Waals surface area contributed by atoms with Gasteiger partial charge in [0.25, 0.3) is 5.91 Å². The molecule has 2 unspecified atom stereocenters. The van der Waals surface area contributed by atoms with Gasteiger partial charge in [-0.3, -0.25) is 4.79 Å². The fourth-order valence-corrected chi connectivity index (χ4v) is 4.52. The Bertz CT molecular complexity index is 770. The number of hydrogen-bond donors (Lipinski definition) is 1. The molecule has 2 saturated heterocycles. The Hall–Kier alpha value is -2.14. The first-order chi connectivity index (χ1) is 12.0. The van der Waals surface area contributed by atoms with E-state index in [0.29, 0.717) is 18.1 Å². The summed E-state index contributed by atoms with van der Waals surface area (Å²) in [6.07, 6.45) is 6.41. The molecule has 25 heavy (non-hydrogen) atoms. The van der Waals surface area contributed by atoms with E-state index in [9.17, 15) is 4.79 Å². The van der Waals surface area contributed by atoms with E-state index in [1.165, 1.54) is 12.8 Å². The summed E-state index contributed by atoms with van der Waals surface area (Å²) in [6, 6.07) is 9.35. The molecule has 0 saturated carbocycles. The van der Waals surface area contributed by atoms with Crippen LogP contribution in [0.2, 0.25) is 0 Å². The van der Waals surface area contributed by atoms with Gasteiger partial charge in [-0.2, -0.15) is 0 Å². The molecule has 4 heterocycles. The maximum absolute atomic E-state index is 13.2. The molecule has 0 aliphatic carbocycles. The SMILES string of the molecule is Cc1cc(C(=O)N(C)C2CC3CCC(C2)N3)c(C)n1-c1ccccn1. The number of aromatic nitrogens is 2. The Balaban J connectivity index is 1.60. The molecule has 2 aliphatic rings. The number of carbonyl (C=O) groups excluding carboxylic acids is 1. The van der Waals surface area contributed by atoms with Gasteiger partial charge in [0, 0.05) is 42.8 Å². The lowest BCUT2D eigenvalue weighted by Gasteiger charge is -2.35. The van der Waals surface area contributed by atoms with E-state index in [-0.39, 0.29) is 5.91 Å². The predicted octanol–water partition coefficient (Wildman–Crippen LogP) is 2.84. The van der Waals surface area contributed by atoms with Crippen LogP contribution in [0.1, 0.15) is 47.4 Å². The Morgan fingerprint density at radius 3 is 2.60 bits per heavy atom. The lowest BCUT2D eigenvalue weighted by Crippen LogP contribution is -2.48. The van der Waals surface area contributed by atoms with Gasteiger partial charge in [0.2, 0.25) is 0 Å². The highest BCUT2D eigenvalue weighted by Gasteiger charge is 2.37. The van der Waals surface area contributed by atoms with Crippen molar-refractivity contribution >= 4 is 5.91 Å². The van der Waals surface area contributed by atoms with Crippen LogP contribution in [0.15, 0.2) is 30.5 Å². The number of piperidine rings is 1. The van der Waals surface area contributed by atoms with Crippen molar-refractivity contribution in [3.8, 4) is 5.82 Å². The molecule has 1 amide bonds. The van der Waals surface area contributed by atoms with Gasteiger partial charge in [-0.15, -0.1) is 0 Å². The molecule has 5 heteroatoms. The summed E-state index contributed by atoms with van der Waals surface area (Å²) in [5.41, 5.74) is 2.79. The number of amides is 1. The van der Waals surface area contributed by atoms with Crippen molar-refractivity contribution in [1.82, 2.24) is 19.8 Å². The van der Waals surface area contributed by atoms with Gasteiger partial charge in [-0.25, -0.2) is 4.98 Å². The molecule has 2 aromatic heterocycles. The van der Waals surface area contributed by atoms with Crippen molar-refractivity contribution in [2.45, 2.75) is 57.7 Å². The minimum atomic E-state index is 0.126. The summed E-state index contributed by atoms with van der Waals surface area (Å²) in [5.74, 6) is 0.987. The molecule has 2 aromatic rings. The van der Waals surface area contributed by atoms with E-state index < -0.39 is 0 Å². The Labute approximate surface area is 149 Å². The van der Waals surface area contributed by atoms with Crippen molar-refractivity contribution in [1.29, 1.82) is 0 Å². The molecule has 2 bridgehead atoms. The van der Waals surface area contributed by atoms with Gasteiger partial charge in [-0.1, -0.05) is 6.07 Å². The second-order valence-corrected chi connectivity index (χ2v) is 7.49. The van der Waals surface area contributed by atoms with E-state index in [1.54, 1.807) is 6.20 Å².